The van der Waals surface area contributed by atoms with E-state index in [4.69, 9.17) is 0 Å². The van der Waals surface area contributed by atoms with E-state index in [0.717, 1.165) is 11.4 Å². The van der Waals surface area contributed by atoms with Crippen molar-refractivity contribution in [1.29, 1.82) is 0 Å². The first kappa shape index (κ1) is 16.4. The van der Waals surface area contributed by atoms with Crippen molar-refractivity contribution in [3.05, 3.63) is 70.5 Å². The number of fused-ring (bicyclic) bond motifs is 1. The highest BCUT2D eigenvalue weighted by Gasteiger charge is 2.14. The van der Waals surface area contributed by atoms with Crippen LogP contribution < -0.4 is 5.32 Å². The molecule has 3 rings (SSSR count). The smallest absolute Gasteiger partial charge is 0.278 e. The van der Waals surface area contributed by atoms with E-state index in [0.29, 0.717) is 16.3 Å². The Labute approximate surface area is 144 Å². The van der Waals surface area contributed by atoms with Crippen molar-refractivity contribution in [2.75, 3.05) is 19.4 Å². The Balaban J connectivity index is 1.95. The van der Waals surface area contributed by atoms with E-state index < -0.39 is 4.92 Å². The summed E-state index contributed by atoms with van der Waals surface area (Å²) >= 11 is 0. The summed E-state index contributed by atoms with van der Waals surface area (Å²) in [6, 6.07) is 11.9. The van der Waals surface area contributed by atoms with Crippen LogP contribution in [0.25, 0.3) is 10.8 Å². The number of pyridine rings is 1. The molecule has 0 aliphatic heterocycles. The molecule has 0 spiro atoms. The molecule has 0 radical (unpaired) electrons. The van der Waals surface area contributed by atoms with Crippen molar-refractivity contribution in [3.63, 3.8) is 0 Å². The third-order valence-corrected chi connectivity index (χ3v) is 3.81. The first-order valence-electron chi connectivity index (χ1n) is 7.57. The molecule has 0 bridgehead atoms. The third-order valence-electron chi connectivity index (χ3n) is 3.81. The molecule has 0 saturated heterocycles. The van der Waals surface area contributed by atoms with Crippen LogP contribution in [0.5, 0.6) is 0 Å². The molecule has 126 valence electrons. The van der Waals surface area contributed by atoms with Gasteiger partial charge in [0.25, 0.3) is 11.6 Å². The number of hydrogen-bond acceptors (Lipinski definition) is 5. The molecule has 2 aromatic carbocycles. The first-order chi connectivity index (χ1) is 12.0. The fourth-order valence-electron chi connectivity index (χ4n) is 2.55. The zero-order chi connectivity index (χ0) is 18.0. The Bertz CT molecular complexity index is 952. The molecule has 7 heteroatoms. The fraction of sp³-hybridized carbons (Fsp3) is 0.111. The van der Waals surface area contributed by atoms with Gasteiger partial charge >= 0.3 is 0 Å². The molecule has 0 aliphatic carbocycles. The van der Waals surface area contributed by atoms with Crippen LogP contribution >= 0.6 is 0 Å². The molecule has 1 N–H and O–H groups in total. The van der Waals surface area contributed by atoms with Crippen molar-refractivity contribution < 1.29 is 9.72 Å². The topological polar surface area (TPSA) is 88.4 Å². The third kappa shape index (κ3) is 3.25. The van der Waals surface area contributed by atoms with Gasteiger partial charge in [-0.25, -0.2) is 0 Å². The lowest BCUT2D eigenvalue weighted by Gasteiger charge is -2.12. The number of benzene rings is 2. The summed E-state index contributed by atoms with van der Waals surface area (Å²) in [6.45, 7) is 0. The largest absolute Gasteiger partial charge is 0.355 e. The lowest BCUT2D eigenvalue weighted by atomic mass is 10.1. The number of non-ortho nitro benzene ring substituents is 1. The molecule has 0 saturated carbocycles. The summed E-state index contributed by atoms with van der Waals surface area (Å²) in [5.41, 5.74) is 2.12. The molecule has 1 heterocycles. The maximum Gasteiger partial charge on any atom is 0.278 e. The highest BCUT2D eigenvalue weighted by atomic mass is 16.6. The van der Waals surface area contributed by atoms with Gasteiger partial charge in [-0.1, -0.05) is 0 Å². The Morgan fingerprint density at radius 2 is 1.80 bits per heavy atom. The zero-order valence-electron chi connectivity index (χ0n) is 13.8. The van der Waals surface area contributed by atoms with Crippen molar-refractivity contribution in [3.8, 4) is 0 Å². The maximum absolute atomic E-state index is 11.9. The number of carbonyl (C=O) groups is 1. The molecule has 1 amide bonds. The van der Waals surface area contributed by atoms with Gasteiger partial charge in [-0.3, -0.25) is 19.9 Å². The van der Waals surface area contributed by atoms with E-state index >= 15 is 0 Å². The first-order valence-corrected chi connectivity index (χ1v) is 7.57. The van der Waals surface area contributed by atoms with Crippen molar-refractivity contribution >= 4 is 33.7 Å². The summed E-state index contributed by atoms with van der Waals surface area (Å²) in [7, 11) is 3.40. The van der Waals surface area contributed by atoms with Gasteiger partial charge in [0.15, 0.2) is 0 Å². The average molecular weight is 336 g/mol. The molecule has 7 nitrogen and oxygen atoms in total. The van der Waals surface area contributed by atoms with E-state index in [1.54, 1.807) is 56.7 Å². The van der Waals surface area contributed by atoms with Gasteiger partial charge < -0.3 is 10.2 Å². The second-order valence-corrected chi connectivity index (χ2v) is 5.71. The van der Waals surface area contributed by atoms with Gasteiger partial charge in [0, 0.05) is 54.9 Å². The lowest BCUT2D eigenvalue weighted by Crippen LogP contribution is -2.21. The van der Waals surface area contributed by atoms with Crippen LogP contribution in [0.1, 0.15) is 10.4 Å². The van der Waals surface area contributed by atoms with Crippen molar-refractivity contribution in [2.24, 2.45) is 0 Å². The number of nitrogens with one attached hydrogen (secondary N) is 1. The van der Waals surface area contributed by atoms with Crippen molar-refractivity contribution in [1.82, 2.24) is 9.88 Å². The number of amides is 1. The van der Waals surface area contributed by atoms with Crippen LogP contribution in [0.4, 0.5) is 17.1 Å². The molecule has 3 aromatic rings. The van der Waals surface area contributed by atoms with Crippen LogP contribution in [-0.2, 0) is 0 Å². The van der Waals surface area contributed by atoms with Crippen LogP contribution in [0.2, 0.25) is 0 Å². The normalized spacial score (nSPS) is 10.5. The standard InChI is InChI=1S/C18H16N4O3/c1-21(2)18(23)12-3-5-13(6-4-12)20-16-7-8-17(22(24)25)15-11-19-10-9-14(15)16/h3-11,20H,1-2H3. The minimum Gasteiger partial charge on any atom is -0.355 e. The number of nitro benzene ring substituents is 1. The molecule has 0 atom stereocenters. The van der Waals surface area contributed by atoms with Crippen LogP contribution in [0, 0.1) is 10.1 Å². The number of rotatable bonds is 4. The summed E-state index contributed by atoms with van der Waals surface area (Å²) in [6.07, 6.45) is 3.08. The summed E-state index contributed by atoms with van der Waals surface area (Å²) < 4.78 is 0. The maximum atomic E-state index is 11.9. The second kappa shape index (κ2) is 6.56. The van der Waals surface area contributed by atoms with Crippen molar-refractivity contribution in [2.45, 2.75) is 0 Å². The molecular formula is C18H16N4O3. The van der Waals surface area contributed by atoms with Gasteiger partial charge in [0.05, 0.1) is 10.3 Å². The van der Waals surface area contributed by atoms with E-state index in [-0.39, 0.29) is 11.6 Å². The highest BCUT2D eigenvalue weighted by molar-refractivity contribution is 6.00. The van der Waals surface area contributed by atoms with Gasteiger partial charge in [-0.05, 0) is 36.4 Å². The summed E-state index contributed by atoms with van der Waals surface area (Å²) in [4.78, 5) is 28.2. The monoisotopic (exact) mass is 336 g/mol. The molecule has 0 aliphatic rings. The minimum absolute atomic E-state index is 0.0144. The van der Waals surface area contributed by atoms with Crippen LogP contribution in [0.3, 0.4) is 0 Å². The fourth-order valence-corrected chi connectivity index (χ4v) is 2.55. The van der Waals surface area contributed by atoms with E-state index in [2.05, 4.69) is 10.3 Å². The van der Waals surface area contributed by atoms with E-state index in [1.165, 1.54) is 17.2 Å². The van der Waals surface area contributed by atoms with Gasteiger partial charge in [0.1, 0.15) is 0 Å². The average Bonchev–Trinajstić information content (AvgIpc) is 2.61. The second-order valence-electron chi connectivity index (χ2n) is 5.71. The molecule has 0 fully saturated rings. The predicted octanol–water partition coefficient (Wildman–Crippen LogP) is 3.59. The number of carbonyl (C=O) groups excluding carboxylic acids is 1. The lowest BCUT2D eigenvalue weighted by molar-refractivity contribution is -0.383. The SMILES string of the molecule is CN(C)C(=O)c1ccc(Nc2ccc([N+](=O)[O-])c3cnccc23)cc1. The Kier molecular flexibility index (Phi) is 4.30. The molecule has 25 heavy (non-hydrogen) atoms. The quantitative estimate of drug-likeness (QED) is 0.581. The Morgan fingerprint density at radius 1 is 1.08 bits per heavy atom. The zero-order valence-corrected chi connectivity index (χ0v) is 13.8. The number of nitrogens with zero attached hydrogens (tertiary/aromatic N) is 3. The highest BCUT2D eigenvalue weighted by Crippen LogP contribution is 2.32. The molecule has 1 aromatic heterocycles. The Hall–Kier alpha value is -3.48. The van der Waals surface area contributed by atoms with Gasteiger partial charge in [-0.2, -0.15) is 0 Å². The number of hydrogen-bond donors (Lipinski definition) is 1. The summed E-state index contributed by atoms with van der Waals surface area (Å²) in [5, 5.41) is 15.6. The van der Waals surface area contributed by atoms with Gasteiger partial charge in [-0.15, -0.1) is 0 Å². The minimum atomic E-state index is -0.421. The van der Waals surface area contributed by atoms with Crippen LogP contribution in [0.15, 0.2) is 54.9 Å². The van der Waals surface area contributed by atoms with Gasteiger partial charge in [0.2, 0.25) is 0 Å². The summed E-state index contributed by atoms with van der Waals surface area (Å²) in [5.74, 6) is -0.0709. The Morgan fingerprint density at radius 3 is 2.44 bits per heavy atom. The van der Waals surface area contributed by atoms with Crippen LogP contribution in [-0.4, -0.2) is 34.8 Å². The predicted molar refractivity (Wildman–Crippen MR) is 96.1 cm³/mol. The number of aromatic nitrogens is 1. The molecule has 0 unspecified atom stereocenters. The molecular weight excluding hydrogens is 320 g/mol. The number of nitro groups is 1. The van der Waals surface area contributed by atoms with E-state index in [9.17, 15) is 14.9 Å². The number of anilines is 2. The van der Waals surface area contributed by atoms with E-state index in [1.807, 2.05) is 0 Å².